The summed E-state index contributed by atoms with van der Waals surface area (Å²) < 4.78 is 84.0. The standard InChI is InChI=1S/C6H3Cl4F7/c7-1(2(11)5(9,10)14)4(13,3(8)12)6(15,16)17/h1-3H. The van der Waals surface area contributed by atoms with E-state index < -0.39 is 33.6 Å². The van der Waals surface area contributed by atoms with E-state index in [-0.39, 0.29) is 0 Å². The Morgan fingerprint density at radius 1 is 0.824 bits per heavy atom. The van der Waals surface area contributed by atoms with Gasteiger partial charge < -0.3 is 0 Å². The van der Waals surface area contributed by atoms with Crippen LogP contribution < -0.4 is 0 Å². The SMILES string of the molecule is FC(C(Cl)C(F)(C(F)Cl)C(F)(F)F)C(F)(Cl)Cl. The molecule has 0 heterocycles. The van der Waals surface area contributed by atoms with E-state index in [4.69, 9.17) is 11.6 Å². The monoisotopic (exact) mass is 348 g/mol. The Morgan fingerprint density at radius 2 is 1.18 bits per heavy atom. The largest absolute Gasteiger partial charge is 0.428 e. The molecule has 4 unspecified atom stereocenters. The maximum atomic E-state index is 13.3. The molecule has 0 radical (unpaired) electrons. The van der Waals surface area contributed by atoms with E-state index in [1.807, 2.05) is 0 Å². The summed E-state index contributed by atoms with van der Waals surface area (Å²) in [6.45, 7) is 0. The number of alkyl halides is 11. The van der Waals surface area contributed by atoms with E-state index in [0.717, 1.165) is 0 Å². The van der Waals surface area contributed by atoms with Crippen LogP contribution in [-0.4, -0.2) is 33.6 Å². The molecule has 11 heteroatoms. The van der Waals surface area contributed by atoms with Gasteiger partial charge in [0.2, 0.25) is 5.63 Å². The molecule has 0 fully saturated rings. The molecule has 0 aliphatic rings. The van der Waals surface area contributed by atoms with E-state index in [9.17, 15) is 30.7 Å². The molecule has 4 atom stereocenters. The Bertz CT molecular complexity index is 262. The molecule has 0 aromatic carbocycles. The van der Waals surface area contributed by atoms with Gasteiger partial charge in [-0.25, -0.2) is 17.6 Å². The van der Waals surface area contributed by atoms with Gasteiger partial charge in [-0.2, -0.15) is 13.2 Å². The fourth-order valence-electron chi connectivity index (χ4n) is 0.779. The Morgan fingerprint density at radius 3 is 1.35 bits per heavy atom. The highest BCUT2D eigenvalue weighted by Crippen LogP contribution is 2.48. The summed E-state index contributed by atoms with van der Waals surface area (Å²) in [6.07, 6.45) is -9.54. The molecule has 0 amide bonds. The van der Waals surface area contributed by atoms with Crippen LogP contribution in [0.4, 0.5) is 30.7 Å². The second-order valence-electron chi connectivity index (χ2n) is 2.91. The van der Waals surface area contributed by atoms with Crippen molar-refractivity contribution in [3.8, 4) is 0 Å². The van der Waals surface area contributed by atoms with Crippen molar-refractivity contribution in [2.45, 2.75) is 33.6 Å². The van der Waals surface area contributed by atoms with Gasteiger partial charge in [0, 0.05) is 0 Å². The van der Waals surface area contributed by atoms with Crippen LogP contribution in [-0.2, 0) is 0 Å². The van der Waals surface area contributed by atoms with Crippen LogP contribution in [0.15, 0.2) is 0 Å². The minimum Gasteiger partial charge on any atom is -0.239 e. The fraction of sp³-hybridized carbons (Fsp3) is 1.00. The molecule has 0 bridgehead atoms. The van der Waals surface area contributed by atoms with Crippen LogP contribution in [0, 0.1) is 0 Å². The summed E-state index contributed by atoms with van der Waals surface area (Å²) in [5, 5.41) is -3.41. The third kappa shape index (κ3) is 3.58. The van der Waals surface area contributed by atoms with E-state index >= 15 is 0 Å². The first kappa shape index (κ1) is 17.7. The van der Waals surface area contributed by atoms with Crippen LogP contribution in [0.2, 0.25) is 0 Å². The van der Waals surface area contributed by atoms with E-state index in [1.54, 1.807) is 0 Å². The molecule has 104 valence electrons. The summed E-state index contributed by atoms with van der Waals surface area (Å²) in [6, 6.07) is 0. The van der Waals surface area contributed by atoms with Crippen LogP contribution in [0.5, 0.6) is 0 Å². The van der Waals surface area contributed by atoms with Crippen molar-refractivity contribution in [1.82, 2.24) is 0 Å². The zero-order chi connectivity index (χ0) is 14.2. The Labute approximate surface area is 111 Å². The van der Waals surface area contributed by atoms with Crippen molar-refractivity contribution >= 4 is 46.4 Å². The topological polar surface area (TPSA) is 0 Å². The first-order valence-corrected chi connectivity index (χ1v) is 5.27. The molecule has 0 N–H and O–H groups in total. The summed E-state index contributed by atoms with van der Waals surface area (Å²) in [7, 11) is 0. The molecule has 0 aliphatic heterocycles. The fourth-order valence-corrected chi connectivity index (χ4v) is 1.89. The summed E-state index contributed by atoms with van der Waals surface area (Å²) in [5.41, 5.74) is -8.81. The average molecular weight is 350 g/mol. The lowest BCUT2D eigenvalue weighted by Crippen LogP contribution is -2.58. The van der Waals surface area contributed by atoms with Crippen molar-refractivity contribution < 1.29 is 30.7 Å². The smallest absolute Gasteiger partial charge is 0.239 e. The molecule has 17 heavy (non-hydrogen) atoms. The minimum atomic E-state index is -5.98. The summed E-state index contributed by atoms with van der Waals surface area (Å²) >= 11 is 18.0. The highest BCUT2D eigenvalue weighted by Gasteiger charge is 2.69. The molecular weight excluding hydrogens is 347 g/mol. The molecule has 0 aromatic heterocycles. The van der Waals surface area contributed by atoms with Crippen molar-refractivity contribution in [2.75, 3.05) is 0 Å². The number of halogens is 11. The lowest BCUT2D eigenvalue weighted by Gasteiger charge is -2.34. The van der Waals surface area contributed by atoms with Crippen LogP contribution in [0.25, 0.3) is 0 Å². The maximum absolute atomic E-state index is 13.3. The zero-order valence-corrected chi connectivity index (χ0v) is 10.4. The zero-order valence-electron chi connectivity index (χ0n) is 7.39. The summed E-state index contributed by atoms with van der Waals surface area (Å²) in [4.78, 5) is 0. The first-order valence-electron chi connectivity index (χ1n) is 3.65. The van der Waals surface area contributed by atoms with E-state index in [2.05, 4.69) is 34.8 Å². The predicted octanol–water partition coefficient (Wildman–Crippen LogP) is 4.84. The van der Waals surface area contributed by atoms with Gasteiger partial charge in [-0.3, -0.25) is 0 Å². The highest BCUT2D eigenvalue weighted by molar-refractivity contribution is 6.48. The van der Waals surface area contributed by atoms with Gasteiger partial charge >= 0.3 is 6.18 Å². The van der Waals surface area contributed by atoms with Crippen molar-refractivity contribution in [2.24, 2.45) is 0 Å². The molecule has 0 spiro atoms. The number of hydrogen-bond acceptors (Lipinski definition) is 0. The minimum absolute atomic E-state index is 3.41. The lowest BCUT2D eigenvalue weighted by molar-refractivity contribution is -0.245. The Hall–Kier alpha value is 0.670. The summed E-state index contributed by atoms with van der Waals surface area (Å²) in [5.74, 6) is 0. The third-order valence-corrected chi connectivity index (χ3v) is 3.00. The molecule has 0 rings (SSSR count). The van der Waals surface area contributed by atoms with Gasteiger partial charge in [-0.05, 0) is 0 Å². The quantitative estimate of drug-likeness (QED) is 0.503. The van der Waals surface area contributed by atoms with Gasteiger partial charge in [0.1, 0.15) is 5.38 Å². The van der Waals surface area contributed by atoms with Gasteiger partial charge in [0.25, 0.3) is 10.3 Å². The lowest BCUT2D eigenvalue weighted by atomic mass is 9.98. The molecule has 0 saturated carbocycles. The molecule has 0 nitrogen and oxygen atoms in total. The number of hydrogen-bond donors (Lipinski definition) is 0. The van der Waals surface area contributed by atoms with Gasteiger partial charge in [0.15, 0.2) is 6.17 Å². The van der Waals surface area contributed by atoms with E-state index in [1.165, 1.54) is 0 Å². The van der Waals surface area contributed by atoms with Gasteiger partial charge in [0.05, 0.1) is 0 Å². The molecular formula is C6H3Cl4F7. The van der Waals surface area contributed by atoms with Crippen molar-refractivity contribution in [3.05, 3.63) is 0 Å². The van der Waals surface area contributed by atoms with Gasteiger partial charge in [-0.15, -0.1) is 11.6 Å². The first-order chi connectivity index (χ1) is 7.26. The van der Waals surface area contributed by atoms with Crippen LogP contribution in [0.1, 0.15) is 0 Å². The highest BCUT2D eigenvalue weighted by atomic mass is 35.5. The van der Waals surface area contributed by atoms with Crippen LogP contribution >= 0.6 is 46.4 Å². The predicted molar refractivity (Wildman–Crippen MR) is 50.7 cm³/mol. The maximum Gasteiger partial charge on any atom is 0.428 e. The van der Waals surface area contributed by atoms with Crippen molar-refractivity contribution in [3.63, 3.8) is 0 Å². The number of rotatable bonds is 4. The molecule has 0 saturated heterocycles. The third-order valence-electron chi connectivity index (χ3n) is 1.72. The average Bonchev–Trinajstić information content (AvgIpc) is 2.10. The second-order valence-corrected chi connectivity index (χ2v) is 5.06. The Kier molecular flexibility index (Phi) is 5.56. The normalized spacial score (nSPS) is 22.8. The molecule has 0 aromatic rings. The van der Waals surface area contributed by atoms with Crippen molar-refractivity contribution in [1.29, 1.82) is 0 Å². The Balaban J connectivity index is 5.39. The van der Waals surface area contributed by atoms with E-state index in [0.29, 0.717) is 0 Å². The van der Waals surface area contributed by atoms with Crippen LogP contribution in [0.3, 0.4) is 0 Å². The van der Waals surface area contributed by atoms with Gasteiger partial charge in [-0.1, -0.05) is 34.8 Å². The second kappa shape index (κ2) is 5.35. The molecule has 0 aliphatic carbocycles.